The Labute approximate surface area is 107 Å². The van der Waals surface area contributed by atoms with Gasteiger partial charge in [-0.25, -0.2) is 5.06 Å². The van der Waals surface area contributed by atoms with Crippen molar-refractivity contribution in [1.29, 1.82) is 0 Å². The molecule has 0 aromatic carbocycles. The maximum atomic E-state index is 12.4. The lowest BCUT2D eigenvalue weighted by Crippen LogP contribution is -2.43. The summed E-state index contributed by atoms with van der Waals surface area (Å²) in [5, 5.41) is 1.67. The monoisotopic (exact) mass is 257 g/mol. The zero-order valence-electron chi connectivity index (χ0n) is 10.6. The van der Waals surface area contributed by atoms with Gasteiger partial charge in [-0.15, -0.1) is 0 Å². The second kappa shape index (κ2) is 6.70. The van der Waals surface area contributed by atoms with Crippen molar-refractivity contribution in [3.05, 3.63) is 0 Å². The van der Waals surface area contributed by atoms with Crippen LogP contribution in [0.4, 0.5) is 0 Å². The van der Waals surface area contributed by atoms with E-state index >= 15 is 0 Å². The van der Waals surface area contributed by atoms with Crippen molar-refractivity contribution >= 4 is 15.4 Å². The van der Waals surface area contributed by atoms with Gasteiger partial charge in [0, 0.05) is 15.4 Å². The Kier molecular flexibility index (Phi) is 5.24. The molecule has 0 heterocycles. The molecule has 2 saturated carbocycles. The van der Waals surface area contributed by atoms with E-state index in [-0.39, 0.29) is 11.8 Å². The summed E-state index contributed by atoms with van der Waals surface area (Å²) in [6.45, 7) is 0. The molecule has 1 unspecified atom stereocenters. The SMILES string of the molecule is O=C(C1CCCCC1)N(OP)C1CCCCC1. The fraction of sp³-hybridized carbons (Fsp3) is 0.923. The predicted molar refractivity (Wildman–Crippen MR) is 71.1 cm³/mol. The molecular weight excluding hydrogens is 233 g/mol. The van der Waals surface area contributed by atoms with E-state index in [4.69, 9.17) is 4.62 Å². The number of hydrogen-bond acceptors (Lipinski definition) is 2. The van der Waals surface area contributed by atoms with Crippen LogP contribution < -0.4 is 0 Å². The molecule has 2 fully saturated rings. The van der Waals surface area contributed by atoms with Gasteiger partial charge in [-0.2, -0.15) is 0 Å². The minimum Gasteiger partial charge on any atom is -0.272 e. The van der Waals surface area contributed by atoms with Gasteiger partial charge in [-0.3, -0.25) is 9.42 Å². The lowest BCUT2D eigenvalue weighted by Gasteiger charge is -2.35. The fourth-order valence-electron chi connectivity index (χ4n) is 3.16. The minimum atomic E-state index is 0.214. The molecule has 2 aliphatic carbocycles. The second-order valence-corrected chi connectivity index (χ2v) is 5.61. The molecule has 4 heteroatoms. The molecule has 0 spiro atoms. The van der Waals surface area contributed by atoms with Crippen molar-refractivity contribution in [2.45, 2.75) is 70.3 Å². The van der Waals surface area contributed by atoms with Crippen molar-refractivity contribution in [2.75, 3.05) is 0 Å². The number of carbonyl (C=O) groups is 1. The van der Waals surface area contributed by atoms with E-state index < -0.39 is 0 Å². The van der Waals surface area contributed by atoms with Crippen molar-refractivity contribution in [2.24, 2.45) is 5.92 Å². The van der Waals surface area contributed by atoms with Crippen LogP contribution >= 0.6 is 9.47 Å². The molecule has 0 saturated heterocycles. The van der Waals surface area contributed by atoms with E-state index in [1.165, 1.54) is 38.5 Å². The predicted octanol–water partition coefficient (Wildman–Crippen LogP) is 3.45. The molecular formula is C13H24NO2P. The zero-order chi connectivity index (χ0) is 12.1. The first-order valence-corrected chi connectivity index (χ1v) is 7.50. The van der Waals surface area contributed by atoms with Gasteiger partial charge in [0.25, 0.3) is 0 Å². The third-order valence-electron chi connectivity index (χ3n) is 4.19. The van der Waals surface area contributed by atoms with E-state index in [9.17, 15) is 4.79 Å². The van der Waals surface area contributed by atoms with E-state index in [1.54, 1.807) is 5.06 Å². The van der Waals surface area contributed by atoms with Crippen LogP contribution in [0.3, 0.4) is 0 Å². The molecule has 0 N–H and O–H groups in total. The first kappa shape index (κ1) is 13.3. The summed E-state index contributed by atoms with van der Waals surface area (Å²) in [4.78, 5) is 12.4. The van der Waals surface area contributed by atoms with E-state index in [1.807, 2.05) is 0 Å². The molecule has 0 aromatic heterocycles. The molecule has 2 aliphatic rings. The average Bonchev–Trinajstić information content (AvgIpc) is 2.42. The summed E-state index contributed by atoms with van der Waals surface area (Å²) < 4.78 is 5.31. The first-order valence-electron chi connectivity index (χ1n) is 7.03. The Morgan fingerprint density at radius 3 is 2.00 bits per heavy atom. The molecule has 0 aliphatic heterocycles. The summed E-state index contributed by atoms with van der Waals surface area (Å²) in [6.07, 6.45) is 11.8. The summed E-state index contributed by atoms with van der Waals surface area (Å²) in [5.74, 6) is 0.442. The lowest BCUT2D eigenvalue weighted by atomic mass is 9.87. The van der Waals surface area contributed by atoms with Gasteiger partial charge in [0.2, 0.25) is 5.91 Å². The topological polar surface area (TPSA) is 29.5 Å². The van der Waals surface area contributed by atoms with Crippen LogP contribution in [-0.2, 0) is 9.42 Å². The van der Waals surface area contributed by atoms with Crippen LogP contribution in [0, 0.1) is 5.92 Å². The number of amides is 1. The van der Waals surface area contributed by atoms with Gasteiger partial charge in [0.15, 0.2) is 0 Å². The van der Waals surface area contributed by atoms with Gasteiger partial charge < -0.3 is 0 Å². The summed E-state index contributed by atoms with van der Waals surface area (Å²) >= 11 is 0. The van der Waals surface area contributed by atoms with E-state index in [2.05, 4.69) is 9.47 Å². The molecule has 0 radical (unpaired) electrons. The van der Waals surface area contributed by atoms with Gasteiger partial charge in [0.05, 0.1) is 6.04 Å². The molecule has 17 heavy (non-hydrogen) atoms. The highest BCUT2D eigenvalue weighted by atomic mass is 31.0. The van der Waals surface area contributed by atoms with Crippen LogP contribution in [0.25, 0.3) is 0 Å². The fourth-order valence-corrected chi connectivity index (χ4v) is 3.44. The molecule has 0 aromatic rings. The Morgan fingerprint density at radius 1 is 0.941 bits per heavy atom. The van der Waals surface area contributed by atoms with Gasteiger partial charge >= 0.3 is 0 Å². The molecule has 3 nitrogen and oxygen atoms in total. The average molecular weight is 257 g/mol. The molecule has 1 atom stereocenters. The standard InChI is InChI=1S/C13H24NO2P/c15-13(11-7-3-1-4-8-11)14(16-17)12-9-5-2-6-10-12/h11-12H,1-10,17H2. The normalized spacial score (nSPS) is 23.6. The number of rotatable bonds is 3. The van der Waals surface area contributed by atoms with Crippen LogP contribution in [0.15, 0.2) is 0 Å². The summed E-state index contributed by atoms with van der Waals surface area (Å²) in [7, 11) is 2.26. The van der Waals surface area contributed by atoms with Crippen molar-refractivity contribution in [1.82, 2.24) is 5.06 Å². The lowest BCUT2D eigenvalue weighted by molar-refractivity contribution is -0.170. The quantitative estimate of drug-likeness (QED) is 0.572. The number of hydrogen-bond donors (Lipinski definition) is 0. The zero-order valence-corrected chi connectivity index (χ0v) is 11.7. The third-order valence-corrected chi connectivity index (χ3v) is 4.42. The maximum absolute atomic E-state index is 12.4. The Hall–Kier alpha value is -0.140. The summed E-state index contributed by atoms with van der Waals surface area (Å²) in [5.41, 5.74) is 0. The highest BCUT2D eigenvalue weighted by Crippen LogP contribution is 2.30. The largest absolute Gasteiger partial charge is 0.272 e. The van der Waals surface area contributed by atoms with Crippen molar-refractivity contribution in [3.63, 3.8) is 0 Å². The molecule has 2 rings (SSSR count). The minimum absolute atomic E-state index is 0.214. The Balaban J connectivity index is 1.93. The van der Waals surface area contributed by atoms with Crippen LogP contribution in [0.1, 0.15) is 64.2 Å². The number of carbonyl (C=O) groups excluding carboxylic acids is 1. The van der Waals surface area contributed by atoms with Crippen LogP contribution in [0.5, 0.6) is 0 Å². The Morgan fingerprint density at radius 2 is 1.47 bits per heavy atom. The highest BCUT2D eigenvalue weighted by Gasteiger charge is 2.31. The van der Waals surface area contributed by atoms with E-state index in [0.29, 0.717) is 6.04 Å². The molecule has 98 valence electrons. The van der Waals surface area contributed by atoms with Crippen molar-refractivity contribution < 1.29 is 9.42 Å². The summed E-state index contributed by atoms with van der Waals surface area (Å²) in [6, 6.07) is 0.315. The van der Waals surface area contributed by atoms with Crippen LogP contribution in [-0.4, -0.2) is 17.0 Å². The molecule has 1 amide bonds. The molecule has 0 bridgehead atoms. The first-order chi connectivity index (χ1) is 8.33. The smallest absolute Gasteiger partial charge is 0.249 e. The van der Waals surface area contributed by atoms with Gasteiger partial charge in [-0.05, 0) is 25.7 Å². The second-order valence-electron chi connectivity index (χ2n) is 5.40. The number of hydroxylamine groups is 2. The highest BCUT2D eigenvalue weighted by molar-refractivity contribution is 7.09. The van der Waals surface area contributed by atoms with E-state index in [0.717, 1.165) is 25.7 Å². The number of nitrogens with zero attached hydrogens (tertiary/aromatic N) is 1. The van der Waals surface area contributed by atoms with Crippen LogP contribution in [0.2, 0.25) is 0 Å². The van der Waals surface area contributed by atoms with Gasteiger partial charge in [-0.1, -0.05) is 38.5 Å². The maximum Gasteiger partial charge on any atom is 0.249 e. The third kappa shape index (κ3) is 3.42. The Bertz CT molecular complexity index is 248. The van der Waals surface area contributed by atoms with Gasteiger partial charge in [0.1, 0.15) is 0 Å². The van der Waals surface area contributed by atoms with Crippen molar-refractivity contribution in [3.8, 4) is 0 Å².